The standard InChI is InChI=1S/C10H7F8NO2/c11-7(21-10(17,18)9(14,15)16)8(12,13)20-6-3-1-5(19)2-4-6/h1-4,7H,19H2. The zero-order valence-electron chi connectivity index (χ0n) is 9.80. The first kappa shape index (κ1) is 17.3. The van der Waals surface area contributed by atoms with Crippen LogP contribution in [-0.2, 0) is 4.74 Å². The van der Waals surface area contributed by atoms with Crippen molar-refractivity contribution in [3.63, 3.8) is 0 Å². The van der Waals surface area contributed by atoms with Gasteiger partial charge in [-0.2, -0.15) is 30.7 Å². The van der Waals surface area contributed by atoms with E-state index in [1.807, 2.05) is 0 Å². The second kappa shape index (κ2) is 5.54. The van der Waals surface area contributed by atoms with E-state index in [-0.39, 0.29) is 5.69 Å². The van der Waals surface area contributed by atoms with Crippen LogP contribution < -0.4 is 10.5 Å². The number of nitrogen functional groups attached to an aromatic ring is 1. The van der Waals surface area contributed by atoms with Gasteiger partial charge in [0.15, 0.2) is 0 Å². The molecule has 0 heterocycles. The first-order chi connectivity index (χ1) is 9.35. The molecule has 1 aromatic carbocycles. The van der Waals surface area contributed by atoms with Gasteiger partial charge < -0.3 is 10.5 Å². The summed E-state index contributed by atoms with van der Waals surface area (Å²) in [5, 5.41) is 0. The third-order valence-corrected chi connectivity index (χ3v) is 1.98. The summed E-state index contributed by atoms with van der Waals surface area (Å²) in [6, 6.07) is 3.78. The maximum Gasteiger partial charge on any atom is 0.483 e. The third kappa shape index (κ3) is 4.34. The molecule has 2 N–H and O–H groups in total. The highest BCUT2D eigenvalue weighted by molar-refractivity contribution is 5.41. The fourth-order valence-corrected chi connectivity index (χ4v) is 1.00. The maximum atomic E-state index is 13.1. The number of hydrogen-bond donors (Lipinski definition) is 1. The lowest BCUT2D eigenvalue weighted by atomic mass is 10.3. The molecule has 3 nitrogen and oxygen atoms in total. The Hall–Kier alpha value is -1.78. The zero-order valence-corrected chi connectivity index (χ0v) is 9.80. The third-order valence-electron chi connectivity index (χ3n) is 1.98. The monoisotopic (exact) mass is 325 g/mol. The Labute approximate surface area is 112 Å². The topological polar surface area (TPSA) is 44.5 Å². The van der Waals surface area contributed by atoms with Crippen molar-refractivity contribution in [1.82, 2.24) is 0 Å². The molecule has 0 aliphatic rings. The van der Waals surface area contributed by atoms with E-state index in [4.69, 9.17) is 5.73 Å². The van der Waals surface area contributed by atoms with Gasteiger partial charge in [-0.25, -0.2) is 4.39 Å². The van der Waals surface area contributed by atoms with Gasteiger partial charge in [0.05, 0.1) is 0 Å². The SMILES string of the molecule is Nc1ccc(OC(F)(F)C(F)OC(F)(F)C(F)(F)F)cc1. The van der Waals surface area contributed by atoms with Crippen LogP contribution in [0.5, 0.6) is 5.75 Å². The van der Waals surface area contributed by atoms with E-state index < -0.39 is 30.5 Å². The lowest BCUT2D eigenvalue weighted by molar-refractivity contribution is -0.442. The molecule has 11 heteroatoms. The minimum atomic E-state index is -6.35. The molecular formula is C10H7F8NO2. The summed E-state index contributed by atoms with van der Waals surface area (Å²) in [6.07, 6.45) is -21.9. The summed E-state index contributed by atoms with van der Waals surface area (Å²) in [4.78, 5) is 0. The Kier molecular flexibility index (Phi) is 4.56. The average molecular weight is 325 g/mol. The van der Waals surface area contributed by atoms with Crippen LogP contribution >= 0.6 is 0 Å². The molecule has 0 saturated heterocycles. The predicted molar refractivity (Wildman–Crippen MR) is 53.4 cm³/mol. The number of anilines is 1. The number of alkyl halides is 8. The van der Waals surface area contributed by atoms with E-state index >= 15 is 0 Å². The minimum Gasteiger partial charge on any atom is -0.429 e. The van der Waals surface area contributed by atoms with Crippen molar-refractivity contribution in [3.05, 3.63) is 24.3 Å². The average Bonchev–Trinajstić information content (AvgIpc) is 2.29. The minimum absolute atomic E-state index is 0.127. The smallest absolute Gasteiger partial charge is 0.429 e. The van der Waals surface area contributed by atoms with Gasteiger partial charge in [-0.1, -0.05) is 0 Å². The summed E-state index contributed by atoms with van der Waals surface area (Å²) in [7, 11) is 0. The summed E-state index contributed by atoms with van der Waals surface area (Å²) >= 11 is 0. The van der Waals surface area contributed by atoms with Gasteiger partial charge in [0.1, 0.15) is 5.75 Å². The summed E-state index contributed by atoms with van der Waals surface area (Å²) in [6.45, 7) is 0. The Morgan fingerprint density at radius 2 is 1.38 bits per heavy atom. The highest BCUT2D eigenvalue weighted by Crippen LogP contribution is 2.40. The number of nitrogens with two attached hydrogens (primary N) is 1. The van der Waals surface area contributed by atoms with Crippen LogP contribution in [0.3, 0.4) is 0 Å². The number of ether oxygens (including phenoxy) is 2. The number of benzene rings is 1. The Morgan fingerprint density at radius 3 is 1.81 bits per heavy atom. The summed E-state index contributed by atoms with van der Waals surface area (Å²) in [5.74, 6) is -0.712. The molecule has 0 saturated carbocycles. The van der Waals surface area contributed by atoms with Gasteiger partial charge in [0.25, 0.3) is 0 Å². The van der Waals surface area contributed by atoms with Gasteiger partial charge in [-0.15, -0.1) is 0 Å². The second-order valence-electron chi connectivity index (χ2n) is 3.68. The van der Waals surface area contributed by atoms with Crippen LogP contribution in [0.2, 0.25) is 0 Å². The van der Waals surface area contributed by atoms with E-state index in [0.717, 1.165) is 24.3 Å². The van der Waals surface area contributed by atoms with E-state index in [1.54, 1.807) is 0 Å². The molecule has 0 aliphatic heterocycles. The van der Waals surface area contributed by atoms with Crippen LogP contribution in [0, 0.1) is 0 Å². The Bertz CT molecular complexity index is 473. The summed E-state index contributed by atoms with van der Waals surface area (Å²) in [5.41, 5.74) is 5.34. The molecule has 0 fully saturated rings. The molecule has 21 heavy (non-hydrogen) atoms. The van der Waals surface area contributed by atoms with Gasteiger partial charge in [0, 0.05) is 5.69 Å². The molecule has 0 bridgehead atoms. The fraction of sp³-hybridized carbons (Fsp3) is 0.400. The molecule has 1 atom stereocenters. The number of rotatable bonds is 5. The highest BCUT2D eigenvalue weighted by Gasteiger charge is 2.64. The van der Waals surface area contributed by atoms with Crippen molar-refractivity contribution in [2.75, 3.05) is 5.73 Å². The van der Waals surface area contributed by atoms with Crippen LogP contribution in [0.1, 0.15) is 0 Å². The van der Waals surface area contributed by atoms with E-state index in [9.17, 15) is 35.1 Å². The first-order valence-electron chi connectivity index (χ1n) is 5.04. The van der Waals surface area contributed by atoms with Crippen LogP contribution in [0.4, 0.5) is 40.8 Å². The second-order valence-corrected chi connectivity index (χ2v) is 3.68. The predicted octanol–water partition coefficient (Wildman–Crippen LogP) is 3.71. The molecule has 0 aromatic heterocycles. The van der Waals surface area contributed by atoms with E-state index in [0.29, 0.717) is 0 Å². The van der Waals surface area contributed by atoms with E-state index in [2.05, 4.69) is 9.47 Å². The van der Waals surface area contributed by atoms with Crippen LogP contribution in [-0.4, -0.2) is 24.8 Å². The molecule has 1 rings (SSSR count). The van der Waals surface area contributed by atoms with Crippen molar-refractivity contribution in [2.24, 2.45) is 0 Å². The highest BCUT2D eigenvalue weighted by atomic mass is 19.4. The largest absolute Gasteiger partial charge is 0.483 e. The van der Waals surface area contributed by atoms with Crippen molar-refractivity contribution in [3.8, 4) is 5.75 Å². The van der Waals surface area contributed by atoms with Gasteiger partial charge in [0.2, 0.25) is 0 Å². The normalized spacial score (nSPS) is 14.9. The molecule has 0 amide bonds. The molecule has 0 radical (unpaired) electrons. The quantitative estimate of drug-likeness (QED) is 0.663. The molecule has 120 valence electrons. The molecular weight excluding hydrogens is 318 g/mol. The Morgan fingerprint density at radius 1 is 0.905 bits per heavy atom. The van der Waals surface area contributed by atoms with Gasteiger partial charge in [-0.05, 0) is 24.3 Å². The fourth-order valence-electron chi connectivity index (χ4n) is 1.00. The lowest BCUT2D eigenvalue weighted by Gasteiger charge is -2.26. The van der Waals surface area contributed by atoms with Crippen molar-refractivity contribution >= 4 is 5.69 Å². The first-order valence-corrected chi connectivity index (χ1v) is 5.04. The Balaban J connectivity index is 2.80. The molecule has 1 unspecified atom stereocenters. The van der Waals surface area contributed by atoms with Gasteiger partial charge in [-0.3, -0.25) is 4.74 Å². The van der Waals surface area contributed by atoms with Gasteiger partial charge >= 0.3 is 24.8 Å². The maximum absolute atomic E-state index is 13.1. The molecule has 0 aliphatic carbocycles. The van der Waals surface area contributed by atoms with Crippen LogP contribution in [0.15, 0.2) is 24.3 Å². The number of halogens is 8. The van der Waals surface area contributed by atoms with E-state index in [1.165, 1.54) is 0 Å². The van der Waals surface area contributed by atoms with Crippen molar-refractivity contribution in [2.45, 2.75) is 24.8 Å². The van der Waals surface area contributed by atoms with Crippen molar-refractivity contribution in [1.29, 1.82) is 0 Å². The zero-order chi connectivity index (χ0) is 16.5. The summed E-state index contributed by atoms with van der Waals surface area (Å²) < 4.78 is 105. The van der Waals surface area contributed by atoms with Crippen molar-refractivity contribution < 1.29 is 44.6 Å². The molecule has 0 spiro atoms. The van der Waals surface area contributed by atoms with Crippen LogP contribution in [0.25, 0.3) is 0 Å². The number of hydrogen-bond acceptors (Lipinski definition) is 3. The lowest BCUT2D eigenvalue weighted by Crippen LogP contribution is -2.48. The molecule has 1 aromatic rings.